The van der Waals surface area contributed by atoms with Gasteiger partial charge in [-0.1, -0.05) is 13.8 Å². The molecule has 0 radical (unpaired) electrons. The predicted molar refractivity (Wildman–Crippen MR) is 73.6 cm³/mol. The normalized spacial score (nSPS) is 22.5. The Kier molecular flexibility index (Phi) is 2.71. The summed E-state index contributed by atoms with van der Waals surface area (Å²) in [6.07, 6.45) is 2.62. The van der Waals surface area contributed by atoms with Gasteiger partial charge in [-0.05, 0) is 18.8 Å². The van der Waals surface area contributed by atoms with Gasteiger partial charge in [0.15, 0.2) is 11.2 Å². The Hall–Kier alpha value is -1.36. The molecule has 2 aromatic rings. The quantitative estimate of drug-likeness (QED) is 0.811. The highest BCUT2D eigenvalue weighted by Gasteiger charge is 2.49. The molecule has 0 saturated heterocycles. The van der Waals surface area contributed by atoms with Crippen LogP contribution in [0.25, 0.3) is 11.2 Å². The molecule has 0 bridgehead atoms. The van der Waals surface area contributed by atoms with Crippen LogP contribution in [0, 0.1) is 5.41 Å². The second-order valence-electron chi connectivity index (χ2n) is 5.72. The van der Waals surface area contributed by atoms with Crippen LogP contribution >= 0.6 is 11.6 Å². The summed E-state index contributed by atoms with van der Waals surface area (Å²) in [6.45, 7) is 6.41. The zero-order valence-corrected chi connectivity index (χ0v) is 12.3. The smallest absolute Gasteiger partial charge is 0.245 e. The van der Waals surface area contributed by atoms with Gasteiger partial charge in [0.05, 0.1) is 12.5 Å². The number of methoxy groups -OCH3 is 1. The van der Waals surface area contributed by atoms with Crippen LogP contribution in [0.1, 0.15) is 44.4 Å². The van der Waals surface area contributed by atoms with Crippen molar-refractivity contribution in [2.45, 2.75) is 38.6 Å². The van der Waals surface area contributed by atoms with Gasteiger partial charge in [0.2, 0.25) is 5.88 Å². The van der Waals surface area contributed by atoms with Gasteiger partial charge in [0, 0.05) is 6.04 Å². The molecule has 0 spiro atoms. The van der Waals surface area contributed by atoms with E-state index in [0.29, 0.717) is 17.4 Å². The molecule has 2 atom stereocenters. The molecule has 2 heterocycles. The predicted octanol–water partition coefficient (Wildman–Crippen LogP) is 3.11. The van der Waals surface area contributed by atoms with Gasteiger partial charge in [0.1, 0.15) is 12.2 Å². The van der Waals surface area contributed by atoms with E-state index >= 15 is 0 Å². The maximum atomic E-state index is 6.27. The van der Waals surface area contributed by atoms with Crippen LogP contribution in [0.2, 0.25) is 0 Å². The summed E-state index contributed by atoms with van der Waals surface area (Å²) in [6, 6.07) is 0.397. The van der Waals surface area contributed by atoms with Crippen molar-refractivity contribution in [2.24, 2.45) is 5.41 Å². The minimum Gasteiger partial charge on any atom is -0.479 e. The van der Waals surface area contributed by atoms with Gasteiger partial charge in [0.25, 0.3) is 0 Å². The van der Waals surface area contributed by atoms with E-state index in [0.717, 1.165) is 17.9 Å². The second-order valence-corrected chi connectivity index (χ2v) is 6.37. The molecule has 1 aliphatic carbocycles. The highest BCUT2D eigenvalue weighted by Crippen LogP contribution is 2.57. The van der Waals surface area contributed by atoms with Crippen LogP contribution in [-0.2, 0) is 0 Å². The number of hydrogen-bond acceptors (Lipinski definition) is 4. The Bertz CT molecular complexity index is 635. The van der Waals surface area contributed by atoms with Crippen molar-refractivity contribution in [3.63, 3.8) is 0 Å². The van der Waals surface area contributed by atoms with Crippen molar-refractivity contribution >= 4 is 22.8 Å². The minimum atomic E-state index is -0.171. The fraction of sp³-hybridized carbons (Fsp3) is 0.615. The van der Waals surface area contributed by atoms with E-state index in [9.17, 15) is 0 Å². The van der Waals surface area contributed by atoms with E-state index in [-0.39, 0.29) is 10.8 Å². The van der Waals surface area contributed by atoms with Crippen molar-refractivity contribution in [3.8, 4) is 5.88 Å². The average molecular weight is 281 g/mol. The van der Waals surface area contributed by atoms with E-state index < -0.39 is 0 Å². The molecule has 0 aliphatic heterocycles. The number of nitrogens with zero attached hydrogens (tertiary/aromatic N) is 4. The molecule has 0 N–H and O–H groups in total. The van der Waals surface area contributed by atoms with E-state index in [4.69, 9.17) is 16.3 Å². The van der Waals surface area contributed by atoms with E-state index in [2.05, 4.69) is 33.4 Å². The molecule has 2 aromatic heterocycles. The van der Waals surface area contributed by atoms with Crippen molar-refractivity contribution in [3.05, 3.63) is 12.2 Å². The maximum Gasteiger partial charge on any atom is 0.245 e. The van der Waals surface area contributed by atoms with E-state index in [1.165, 1.54) is 6.33 Å². The average Bonchev–Trinajstić information content (AvgIpc) is 2.84. The molecular formula is C13H17ClN4O. The molecule has 2 unspecified atom stereocenters. The highest BCUT2D eigenvalue weighted by atomic mass is 35.5. The van der Waals surface area contributed by atoms with Crippen LogP contribution in [0.3, 0.4) is 0 Å². The molecule has 6 heteroatoms. The third-order valence-corrected chi connectivity index (χ3v) is 3.99. The standard InChI is InChI=1S/C13H17ClN4O/c1-7(14)10-17-9-11(15-6-16-12(9)19-4)18(10)8-5-13(8,2)3/h6-8H,5H2,1-4H3. The van der Waals surface area contributed by atoms with Crippen LogP contribution in [0.5, 0.6) is 5.88 Å². The lowest BCUT2D eigenvalue weighted by Crippen LogP contribution is -2.07. The third-order valence-electron chi connectivity index (χ3n) is 3.79. The number of rotatable bonds is 3. The minimum absolute atomic E-state index is 0.171. The number of alkyl halides is 1. The highest BCUT2D eigenvalue weighted by molar-refractivity contribution is 6.20. The first-order valence-electron chi connectivity index (χ1n) is 6.36. The summed E-state index contributed by atoms with van der Waals surface area (Å²) in [4.78, 5) is 13.1. The summed E-state index contributed by atoms with van der Waals surface area (Å²) in [7, 11) is 1.59. The monoisotopic (exact) mass is 280 g/mol. The lowest BCUT2D eigenvalue weighted by Gasteiger charge is -2.11. The van der Waals surface area contributed by atoms with Crippen LogP contribution < -0.4 is 4.74 Å². The molecule has 19 heavy (non-hydrogen) atoms. The van der Waals surface area contributed by atoms with Crippen molar-refractivity contribution in [1.29, 1.82) is 0 Å². The van der Waals surface area contributed by atoms with Crippen LogP contribution in [-0.4, -0.2) is 26.6 Å². The Labute approximate surface area is 117 Å². The Morgan fingerprint density at radius 2 is 2.16 bits per heavy atom. The van der Waals surface area contributed by atoms with Crippen LogP contribution in [0.15, 0.2) is 6.33 Å². The first-order chi connectivity index (χ1) is 8.95. The summed E-state index contributed by atoms with van der Waals surface area (Å²) >= 11 is 6.27. The van der Waals surface area contributed by atoms with E-state index in [1.807, 2.05) is 6.92 Å². The third kappa shape index (κ3) is 1.87. The van der Waals surface area contributed by atoms with E-state index in [1.54, 1.807) is 7.11 Å². The summed E-state index contributed by atoms with van der Waals surface area (Å²) in [5.74, 6) is 1.34. The van der Waals surface area contributed by atoms with Gasteiger partial charge < -0.3 is 9.30 Å². The number of halogens is 1. The zero-order valence-electron chi connectivity index (χ0n) is 11.5. The summed E-state index contributed by atoms with van der Waals surface area (Å²) < 4.78 is 7.41. The fourth-order valence-corrected chi connectivity index (χ4v) is 2.68. The second kappa shape index (κ2) is 4.07. The first kappa shape index (κ1) is 12.7. The SMILES string of the molecule is COc1ncnc2c1nc(C(C)Cl)n2C1CC1(C)C. The largest absolute Gasteiger partial charge is 0.479 e. The number of ether oxygens (including phenoxy) is 1. The molecule has 3 rings (SSSR count). The number of imidazole rings is 1. The Balaban J connectivity index is 2.26. The molecule has 0 amide bonds. The van der Waals surface area contributed by atoms with Gasteiger partial charge in [-0.15, -0.1) is 11.6 Å². The molecular weight excluding hydrogens is 264 g/mol. The Morgan fingerprint density at radius 1 is 1.47 bits per heavy atom. The number of fused-ring (bicyclic) bond motifs is 1. The van der Waals surface area contributed by atoms with Crippen molar-refractivity contribution in [1.82, 2.24) is 19.5 Å². The lowest BCUT2D eigenvalue weighted by atomic mass is 10.2. The first-order valence-corrected chi connectivity index (χ1v) is 6.80. The van der Waals surface area contributed by atoms with Gasteiger partial charge in [-0.25, -0.2) is 9.97 Å². The van der Waals surface area contributed by atoms with Gasteiger partial charge in [-0.3, -0.25) is 0 Å². The number of hydrogen-bond donors (Lipinski definition) is 0. The molecule has 1 aliphatic rings. The number of aromatic nitrogens is 4. The van der Waals surface area contributed by atoms with Gasteiger partial charge >= 0.3 is 0 Å². The summed E-state index contributed by atoms with van der Waals surface area (Å²) in [5.41, 5.74) is 1.77. The molecule has 0 aromatic carbocycles. The summed E-state index contributed by atoms with van der Waals surface area (Å²) in [5, 5.41) is -0.171. The topological polar surface area (TPSA) is 52.8 Å². The van der Waals surface area contributed by atoms with Crippen molar-refractivity contribution < 1.29 is 4.74 Å². The molecule has 1 fully saturated rings. The van der Waals surface area contributed by atoms with Gasteiger partial charge in [-0.2, -0.15) is 4.98 Å². The fourth-order valence-electron chi connectivity index (χ4n) is 2.52. The zero-order chi connectivity index (χ0) is 13.8. The van der Waals surface area contributed by atoms with Crippen LogP contribution in [0.4, 0.5) is 0 Å². The lowest BCUT2D eigenvalue weighted by molar-refractivity contribution is 0.401. The molecule has 102 valence electrons. The molecule has 5 nitrogen and oxygen atoms in total. The maximum absolute atomic E-state index is 6.27. The molecule has 1 saturated carbocycles. The van der Waals surface area contributed by atoms with Crippen molar-refractivity contribution in [2.75, 3.05) is 7.11 Å². The Morgan fingerprint density at radius 3 is 2.68 bits per heavy atom.